The first-order valence-electron chi connectivity index (χ1n) is 17.9. The van der Waals surface area contributed by atoms with Crippen LogP contribution in [0.2, 0.25) is 0 Å². The van der Waals surface area contributed by atoms with Gasteiger partial charge in [0.15, 0.2) is 0 Å². The number of aromatic nitrogens is 6. The number of pyridine rings is 1. The summed E-state index contributed by atoms with van der Waals surface area (Å²) in [5.41, 5.74) is 4.06. The zero-order valence-corrected chi connectivity index (χ0v) is 30.1. The molecule has 272 valence electrons. The van der Waals surface area contributed by atoms with Gasteiger partial charge in [-0.2, -0.15) is 10.2 Å². The van der Waals surface area contributed by atoms with Crippen molar-refractivity contribution in [3.63, 3.8) is 0 Å². The number of hydrogen-bond acceptors (Lipinski definition) is 8. The van der Waals surface area contributed by atoms with Gasteiger partial charge in [0, 0.05) is 49.1 Å². The van der Waals surface area contributed by atoms with Crippen molar-refractivity contribution in [2.45, 2.75) is 77.5 Å². The van der Waals surface area contributed by atoms with E-state index in [1.807, 2.05) is 56.0 Å². The maximum atomic E-state index is 15.5. The predicted molar refractivity (Wildman–Crippen MR) is 196 cm³/mol. The van der Waals surface area contributed by atoms with Crippen molar-refractivity contribution in [3.8, 4) is 28.2 Å². The van der Waals surface area contributed by atoms with Crippen molar-refractivity contribution in [3.05, 3.63) is 101 Å². The molecule has 2 fully saturated rings. The average molecular weight is 718 g/mol. The summed E-state index contributed by atoms with van der Waals surface area (Å²) in [6.45, 7) is 7.87. The Balaban J connectivity index is 1.16. The van der Waals surface area contributed by atoms with Crippen LogP contribution in [-0.2, 0) is 20.9 Å². The van der Waals surface area contributed by atoms with Crippen LogP contribution in [0.25, 0.3) is 44.5 Å². The molecule has 4 aromatic heterocycles. The number of rotatable bonds is 7. The topological polar surface area (TPSA) is 126 Å². The summed E-state index contributed by atoms with van der Waals surface area (Å²) in [5.74, 6) is -0.702. The van der Waals surface area contributed by atoms with Crippen LogP contribution in [0.15, 0.2) is 78.2 Å². The quantitative estimate of drug-likeness (QED) is 0.159. The Bertz CT molecular complexity index is 2450. The molecule has 0 atom stereocenters. The Morgan fingerprint density at radius 2 is 1.79 bits per heavy atom. The van der Waals surface area contributed by atoms with Crippen molar-refractivity contribution in [1.82, 2.24) is 33.8 Å². The molecule has 5 heterocycles. The van der Waals surface area contributed by atoms with E-state index in [-0.39, 0.29) is 24.1 Å². The van der Waals surface area contributed by atoms with Crippen LogP contribution in [0.1, 0.15) is 76.5 Å². The van der Waals surface area contributed by atoms with E-state index in [0.717, 1.165) is 36.8 Å². The van der Waals surface area contributed by atoms with Crippen LogP contribution in [0.5, 0.6) is 0 Å². The third-order valence-corrected chi connectivity index (χ3v) is 9.89. The Morgan fingerprint density at radius 3 is 2.53 bits per heavy atom. The summed E-state index contributed by atoms with van der Waals surface area (Å²) in [6.07, 6.45) is 12.0. The minimum Gasteiger partial charge on any atom is -0.461 e. The molecule has 0 N–H and O–H groups in total. The van der Waals surface area contributed by atoms with Crippen LogP contribution in [0.4, 0.5) is 9.18 Å². The number of carbonyl (C=O) groups excluding carboxylic acids is 2. The van der Waals surface area contributed by atoms with E-state index in [2.05, 4.69) is 10.2 Å². The van der Waals surface area contributed by atoms with Crippen LogP contribution in [-0.4, -0.2) is 64.6 Å². The molecule has 13 heteroatoms. The molecule has 2 aromatic carbocycles. The van der Waals surface area contributed by atoms with Crippen molar-refractivity contribution in [1.29, 1.82) is 0 Å². The first kappa shape index (κ1) is 34.2. The molecule has 1 amide bonds. The fraction of sp³-hybridized carbons (Fsp3) is 0.350. The molecule has 1 saturated heterocycles. The van der Waals surface area contributed by atoms with Gasteiger partial charge >= 0.3 is 12.1 Å². The zero-order chi connectivity index (χ0) is 37.0. The fourth-order valence-corrected chi connectivity index (χ4v) is 7.11. The van der Waals surface area contributed by atoms with Gasteiger partial charge in [0.05, 0.1) is 52.6 Å². The molecule has 53 heavy (non-hydrogen) atoms. The van der Waals surface area contributed by atoms with Crippen molar-refractivity contribution >= 4 is 28.4 Å². The van der Waals surface area contributed by atoms with E-state index in [4.69, 9.17) is 14.5 Å². The van der Waals surface area contributed by atoms with Gasteiger partial charge in [-0.05, 0) is 87.6 Å². The van der Waals surface area contributed by atoms with E-state index in [1.165, 1.54) is 17.6 Å². The number of piperidine rings is 1. The van der Waals surface area contributed by atoms with Gasteiger partial charge in [-0.15, -0.1) is 0 Å². The maximum absolute atomic E-state index is 15.5. The zero-order valence-electron chi connectivity index (χ0n) is 30.1. The second kappa shape index (κ2) is 13.3. The number of esters is 1. The first-order valence-corrected chi connectivity index (χ1v) is 17.9. The maximum Gasteiger partial charge on any atom is 0.410 e. The minimum atomic E-state index is -0.553. The molecular weight excluding hydrogens is 677 g/mol. The van der Waals surface area contributed by atoms with Gasteiger partial charge in [-0.1, -0.05) is 18.2 Å². The lowest BCUT2D eigenvalue weighted by atomic mass is 10.0. The SMILES string of the molecule is CC(=O)OCc1c(-c2nc(-c3cnn(C4CCN(C(=O)OC(C)(C)C)CC4)c3)cn3nccc23)cccc1-n1ccc2cc(C3CC3)cc(F)c2c1=O. The lowest BCUT2D eigenvalue weighted by Gasteiger charge is -2.33. The predicted octanol–water partition coefficient (Wildman–Crippen LogP) is 7.22. The molecule has 8 rings (SSSR count). The normalized spacial score (nSPS) is 15.3. The third-order valence-electron chi connectivity index (χ3n) is 9.89. The summed E-state index contributed by atoms with van der Waals surface area (Å²) in [5, 5.41) is 9.76. The second-order valence-corrected chi connectivity index (χ2v) is 14.9. The molecule has 0 radical (unpaired) electrons. The molecule has 0 spiro atoms. The highest BCUT2D eigenvalue weighted by Gasteiger charge is 2.29. The third kappa shape index (κ3) is 6.78. The molecule has 12 nitrogen and oxygen atoms in total. The smallest absolute Gasteiger partial charge is 0.410 e. The van der Waals surface area contributed by atoms with Crippen LogP contribution >= 0.6 is 0 Å². The summed E-state index contributed by atoms with van der Waals surface area (Å²) in [4.78, 5) is 45.6. The van der Waals surface area contributed by atoms with Crippen molar-refractivity contribution < 1.29 is 23.5 Å². The average Bonchev–Trinajstić information content (AvgIpc) is 3.66. The summed E-state index contributed by atoms with van der Waals surface area (Å²) in [7, 11) is 0. The monoisotopic (exact) mass is 717 g/mol. The Labute approximate surface area is 304 Å². The van der Waals surface area contributed by atoms with Gasteiger partial charge in [-0.3, -0.25) is 18.8 Å². The highest BCUT2D eigenvalue weighted by Crippen LogP contribution is 2.41. The summed E-state index contributed by atoms with van der Waals surface area (Å²) >= 11 is 0. The largest absolute Gasteiger partial charge is 0.461 e. The van der Waals surface area contributed by atoms with Crippen LogP contribution in [0, 0.1) is 5.82 Å². The van der Waals surface area contributed by atoms with Crippen LogP contribution in [0.3, 0.4) is 0 Å². The molecule has 1 saturated carbocycles. The number of fused-ring (bicyclic) bond motifs is 2. The molecule has 0 unspecified atom stereocenters. The van der Waals surface area contributed by atoms with E-state index in [9.17, 15) is 14.4 Å². The molecule has 1 aliphatic heterocycles. The molecule has 2 aliphatic rings. The van der Waals surface area contributed by atoms with Crippen LogP contribution < -0.4 is 5.56 Å². The van der Waals surface area contributed by atoms with E-state index in [1.54, 1.807) is 46.2 Å². The number of halogens is 1. The van der Waals surface area contributed by atoms with Gasteiger partial charge in [0.2, 0.25) is 0 Å². The molecule has 0 bridgehead atoms. The Hall–Kier alpha value is -5.85. The van der Waals surface area contributed by atoms with Crippen molar-refractivity contribution in [2.75, 3.05) is 13.1 Å². The number of amides is 1. The lowest BCUT2D eigenvalue weighted by molar-refractivity contribution is -0.142. The van der Waals surface area contributed by atoms with Gasteiger partial charge < -0.3 is 14.4 Å². The number of ether oxygens (including phenoxy) is 2. The van der Waals surface area contributed by atoms with Crippen molar-refractivity contribution in [2.24, 2.45) is 0 Å². The Kier molecular flexibility index (Phi) is 8.58. The fourth-order valence-electron chi connectivity index (χ4n) is 7.11. The first-order chi connectivity index (χ1) is 25.4. The number of hydrogen-bond donors (Lipinski definition) is 0. The second-order valence-electron chi connectivity index (χ2n) is 14.9. The summed E-state index contributed by atoms with van der Waals surface area (Å²) in [6, 6.07) is 12.5. The number of nitrogens with zero attached hydrogens (tertiary/aromatic N) is 7. The summed E-state index contributed by atoms with van der Waals surface area (Å²) < 4.78 is 31.7. The molecular formula is C40H40FN7O5. The number of benzene rings is 2. The van der Waals surface area contributed by atoms with E-state index < -0.39 is 22.9 Å². The lowest BCUT2D eigenvalue weighted by Crippen LogP contribution is -2.42. The van der Waals surface area contributed by atoms with Gasteiger partial charge in [0.1, 0.15) is 18.0 Å². The Morgan fingerprint density at radius 1 is 1.00 bits per heavy atom. The molecule has 6 aromatic rings. The standard InChI is InChI=1S/C40H40FN7O5/c1-24(49)52-23-31-30(6-5-7-34(31)46-17-11-26-18-27(25-8-9-25)19-32(41)36(26)38(46)50)37-35-10-14-42-48(35)22-33(44-37)28-20-43-47(21-28)29-12-15-45(16-13-29)39(51)53-40(2,3)4/h5-7,10-11,14,17-22,25,29H,8-9,12-13,15-16,23H2,1-4H3. The highest BCUT2D eigenvalue weighted by atomic mass is 19.1. The number of carbonyl (C=O) groups is 2. The highest BCUT2D eigenvalue weighted by molar-refractivity contribution is 5.85. The minimum absolute atomic E-state index is 0.00608. The van der Waals surface area contributed by atoms with E-state index in [0.29, 0.717) is 58.1 Å². The number of likely N-dealkylation sites (tertiary alicyclic amines) is 1. The van der Waals surface area contributed by atoms with E-state index >= 15 is 4.39 Å². The van der Waals surface area contributed by atoms with Gasteiger partial charge in [-0.25, -0.2) is 18.7 Å². The van der Waals surface area contributed by atoms with Gasteiger partial charge in [0.25, 0.3) is 5.56 Å². The molecule has 1 aliphatic carbocycles.